The summed E-state index contributed by atoms with van der Waals surface area (Å²) >= 11 is 7.67. The van der Waals surface area contributed by atoms with Crippen LogP contribution in [-0.2, 0) is 6.54 Å². The second-order valence-electron chi connectivity index (χ2n) is 3.91. The zero-order valence-electron chi connectivity index (χ0n) is 9.85. The van der Waals surface area contributed by atoms with Gasteiger partial charge in [-0.15, -0.1) is 11.3 Å². The van der Waals surface area contributed by atoms with Crippen molar-refractivity contribution in [1.82, 2.24) is 4.98 Å². The van der Waals surface area contributed by atoms with Gasteiger partial charge in [0.15, 0.2) is 0 Å². The number of hydrogen-bond donors (Lipinski definition) is 2. The van der Waals surface area contributed by atoms with Gasteiger partial charge in [0.1, 0.15) is 5.84 Å². The van der Waals surface area contributed by atoms with E-state index in [-0.39, 0.29) is 5.84 Å². The molecule has 2 aromatic rings. The van der Waals surface area contributed by atoms with Gasteiger partial charge >= 0.3 is 0 Å². The Labute approximate surface area is 115 Å². The van der Waals surface area contributed by atoms with Crippen molar-refractivity contribution in [3.63, 3.8) is 0 Å². The maximum atomic E-state index is 7.38. The maximum absolute atomic E-state index is 7.38. The third-order valence-electron chi connectivity index (χ3n) is 2.57. The van der Waals surface area contributed by atoms with E-state index < -0.39 is 0 Å². The van der Waals surface area contributed by atoms with E-state index in [1.807, 2.05) is 35.0 Å². The molecule has 0 unspecified atom stereocenters. The van der Waals surface area contributed by atoms with E-state index in [4.69, 9.17) is 22.7 Å². The van der Waals surface area contributed by atoms with E-state index in [1.54, 1.807) is 17.4 Å². The molecule has 0 aliphatic rings. The molecule has 18 heavy (non-hydrogen) atoms. The highest BCUT2D eigenvalue weighted by atomic mass is 35.5. The lowest BCUT2D eigenvalue weighted by Crippen LogP contribution is -2.17. The lowest BCUT2D eigenvalue weighted by atomic mass is 10.2. The number of aromatic nitrogens is 1. The van der Waals surface area contributed by atoms with Crippen LogP contribution < -0.4 is 10.6 Å². The van der Waals surface area contributed by atoms with E-state index in [0.29, 0.717) is 10.6 Å². The summed E-state index contributed by atoms with van der Waals surface area (Å²) in [5.74, 6) is -0.0197. The number of rotatable bonds is 4. The van der Waals surface area contributed by atoms with Crippen LogP contribution in [0.25, 0.3) is 0 Å². The average Bonchev–Trinajstić information content (AvgIpc) is 2.81. The highest BCUT2D eigenvalue weighted by molar-refractivity contribution is 7.07. The summed E-state index contributed by atoms with van der Waals surface area (Å²) in [5.41, 5.74) is 9.79. The van der Waals surface area contributed by atoms with Gasteiger partial charge in [-0.25, -0.2) is 4.98 Å². The number of thiazole rings is 1. The van der Waals surface area contributed by atoms with Gasteiger partial charge in [-0.1, -0.05) is 11.6 Å². The Kier molecular flexibility index (Phi) is 3.84. The Morgan fingerprint density at radius 1 is 1.56 bits per heavy atom. The zero-order chi connectivity index (χ0) is 13.1. The van der Waals surface area contributed by atoms with Crippen LogP contribution in [-0.4, -0.2) is 17.9 Å². The van der Waals surface area contributed by atoms with Crippen molar-refractivity contribution in [3.8, 4) is 0 Å². The third-order valence-corrected chi connectivity index (χ3v) is 3.51. The second kappa shape index (κ2) is 5.37. The molecule has 1 aromatic heterocycles. The molecule has 0 radical (unpaired) electrons. The largest absolute Gasteiger partial charge is 0.384 e. The number of amidine groups is 1. The van der Waals surface area contributed by atoms with E-state index in [9.17, 15) is 0 Å². The van der Waals surface area contributed by atoms with Crippen molar-refractivity contribution in [1.29, 1.82) is 5.41 Å². The maximum Gasteiger partial charge on any atom is 0.124 e. The Morgan fingerprint density at radius 2 is 2.33 bits per heavy atom. The van der Waals surface area contributed by atoms with Crippen molar-refractivity contribution in [3.05, 3.63) is 45.4 Å². The van der Waals surface area contributed by atoms with Crippen LogP contribution in [0.1, 0.15) is 11.3 Å². The van der Waals surface area contributed by atoms with Crippen molar-refractivity contribution in [2.75, 3.05) is 11.9 Å². The fraction of sp³-hybridized carbons (Fsp3) is 0.167. The molecule has 94 valence electrons. The lowest BCUT2D eigenvalue weighted by molar-refractivity contribution is 0.895. The smallest absolute Gasteiger partial charge is 0.124 e. The standard InChI is InChI=1S/C12H13ClN4S/c1-17(5-8-6-18-7-16-8)9-2-3-10(12(14)15)11(13)4-9/h2-4,6-7H,5H2,1H3,(H3,14,15). The summed E-state index contributed by atoms with van der Waals surface area (Å²) in [7, 11) is 1.97. The van der Waals surface area contributed by atoms with Crippen LogP contribution in [0.5, 0.6) is 0 Å². The summed E-state index contributed by atoms with van der Waals surface area (Å²) in [6.45, 7) is 0.721. The first-order valence-electron chi connectivity index (χ1n) is 5.30. The fourth-order valence-electron chi connectivity index (χ4n) is 1.61. The van der Waals surface area contributed by atoms with Crippen molar-refractivity contribution >= 4 is 34.5 Å². The van der Waals surface area contributed by atoms with E-state index in [2.05, 4.69) is 4.98 Å². The minimum absolute atomic E-state index is 0.0197. The number of hydrogen-bond acceptors (Lipinski definition) is 4. The van der Waals surface area contributed by atoms with Crippen LogP contribution in [0.4, 0.5) is 5.69 Å². The normalized spacial score (nSPS) is 10.3. The molecule has 6 heteroatoms. The monoisotopic (exact) mass is 280 g/mol. The van der Waals surface area contributed by atoms with Gasteiger partial charge in [-0.05, 0) is 18.2 Å². The molecule has 0 bridgehead atoms. The summed E-state index contributed by atoms with van der Waals surface area (Å²) in [4.78, 5) is 6.29. The van der Waals surface area contributed by atoms with Gasteiger partial charge in [0.25, 0.3) is 0 Å². The molecule has 0 spiro atoms. The van der Waals surface area contributed by atoms with Gasteiger partial charge in [0, 0.05) is 23.7 Å². The number of halogens is 1. The third kappa shape index (κ3) is 2.80. The fourth-order valence-corrected chi connectivity index (χ4v) is 2.44. The van der Waals surface area contributed by atoms with E-state index in [0.717, 1.165) is 17.9 Å². The quantitative estimate of drug-likeness (QED) is 0.668. The second-order valence-corrected chi connectivity index (χ2v) is 5.04. The van der Waals surface area contributed by atoms with Crippen LogP contribution in [0.2, 0.25) is 5.02 Å². The first-order chi connectivity index (χ1) is 8.58. The molecule has 0 atom stereocenters. The van der Waals surface area contributed by atoms with Crippen molar-refractivity contribution in [2.45, 2.75) is 6.54 Å². The van der Waals surface area contributed by atoms with Crippen molar-refractivity contribution < 1.29 is 0 Å². The number of nitrogen functional groups attached to an aromatic ring is 1. The first-order valence-corrected chi connectivity index (χ1v) is 6.62. The van der Waals surface area contributed by atoms with Gasteiger partial charge in [0.05, 0.1) is 22.8 Å². The summed E-state index contributed by atoms with van der Waals surface area (Å²) in [6.07, 6.45) is 0. The average molecular weight is 281 g/mol. The number of anilines is 1. The van der Waals surface area contributed by atoms with Gasteiger partial charge in [-0.2, -0.15) is 0 Å². The SMILES string of the molecule is CN(Cc1cscn1)c1ccc(C(=N)N)c(Cl)c1. The molecule has 1 heterocycles. The van der Waals surface area contributed by atoms with Gasteiger partial charge in [0.2, 0.25) is 0 Å². The summed E-state index contributed by atoms with van der Waals surface area (Å²) in [5, 5.41) is 9.89. The molecule has 0 aliphatic heterocycles. The number of nitrogens with zero attached hydrogens (tertiary/aromatic N) is 2. The number of nitrogens with one attached hydrogen (secondary N) is 1. The summed E-state index contributed by atoms with van der Waals surface area (Å²) in [6, 6.07) is 5.47. The molecule has 1 aromatic carbocycles. The van der Waals surface area contributed by atoms with Gasteiger partial charge < -0.3 is 10.6 Å². The predicted octanol–water partition coefficient (Wildman–Crippen LogP) is 2.72. The topological polar surface area (TPSA) is 66.0 Å². The molecular weight excluding hydrogens is 268 g/mol. The molecule has 0 fully saturated rings. The lowest BCUT2D eigenvalue weighted by Gasteiger charge is -2.19. The Balaban J connectivity index is 2.18. The molecular formula is C12H13ClN4S. The molecule has 0 amide bonds. The zero-order valence-corrected chi connectivity index (χ0v) is 11.4. The van der Waals surface area contributed by atoms with Gasteiger partial charge in [-0.3, -0.25) is 5.41 Å². The molecule has 0 saturated carbocycles. The predicted molar refractivity (Wildman–Crippen MR) is 76.7 cm³/mol. The first kappa shape index (κ1) is 12.9. The van der Waals surface area contributed by atoms with Crippen molar-refractivity contribution in [2.24, 2.45) is 5.73 Å². The van der Waals surface area contributed by atoms with Crippen LogP contribution in [0.15, 0.2) is 29.1 Å². The molecule has 0 saturated heterocycles. The van der Waals surface area contributed by atoms with Crippen LogP contribution in [0.3, 0.4) is 0 Å². The Bertz CT molecular complexity index is 553. The van der Waals surface area contributed by atoms with E-state index >= 15 is 0 Å². The molecule has 3 N–H and O–H groups in total. The Morgan fingerprint density at radius 3 is 2.89 bits per heavy atom. The number of nitrogens with two attached hydrogens (primary N) is 1. The highest BCUT2D eigenvalue weighted by Crippen LogP contribution is 2.23. The minimum atomic E-state index is -0.0197. The minimum Gasteiger partial charge on any atom is -0.384 e. The highest BCUT2D eigenvalue weighted by Gasteiger charge is 2.08. The Hall–Kier alpha value is -1.59. The van der Waals surface area contributed by atoms with Crippen LogP contribution >= 0.6 is 22.9 Å². The van der Waals surface area contributed by atoms with E-state index in [1.165, 1.54) is 0 Å². The van der Waals surface area contributed by atoms with Crippen LogP contribution in [0, 0.1) is 5.41 Å². The molecule has 2 rings (SSSR count). The number of benzene rings is 1. The molecule has 4 nitrogen and oxygen atoms in total. The summed E-state index contributed by atoms with van der Waals surface area (Å²) < 4.78 is 0. The molecule has 0 aliphatic carbocycles.